The third-order valence-corrected chi connectivity index (χ3v) is 5.79. The average Bonchev–Trinajstić information content (AvgIpc) is 2.81. The summed E-state index contributed by atoms with van der Waals surface area (Å²) in [6, 6.07) is 16.8. The highest BCUT2D eigenvalue weighted by molar-refractivity contribution is 5.96. The number of rotatable bonds is 10. The molecule has 2 aromatic carbocycles. The van der Waals surface area contributed by atoms with Crippen molar-refractivity contribution >= 4 is 17.4 Å². The highest BCUT2D eigenvalue weighted by atomic mass is 16.5. The normalized spacial score (nSPS) is 16.2. The van der Waals surface area contributed by atoms with Gasteiger partial charge in [-0.1, -0.05) is 49.2 Å². The molecule has 0 saturated carbocycles. The monoisotopic (exact) mass is 424 g/mol. The number of ketones is 1. The van der Waals surface area contributed by atoms with Gasteiger partial charge in [0.25, 0.3) is 0 Å². The molecule has 166 valence electrons. The SMILES string of the molecule is CC1COCCN1c1ccc(-c2ccc(C(=O)CCCCCCC(=O)NO)cc2)cc1. The van der Waals surface area contributed by atoms with E-state index in [1.165, 1.54) is 5.69 Å². The van der Waals surface area contributed by atoms with Gasteiger partial charge < -0.3 is 9.64 Å². The summed E-state index contributed by atoms with van der Waals surface area (Å²) in [7, 11) is 0. The number of Topliss-reactive ketones (excluding diaryl/α,β-unsaturated/α-hetero) is 1. The Bertz CT molecular complexity index is 849. The summed E-state index contributed by atoms with van der Waals surface area (Å²) in [5, 5.41) is 8.45. The van der Waals surface area contributed by atoms with Gasteiger partial charge in [0.05, 0.1) is 13.2 Å². The number of carbonyl (C=O) groups is 2. The number of anilines is 1. The zero-order valence-electron chi connectivity index (χ0n) is 18.2. The van der Waals surface area contributed by atoms with Crippen molar-refractivity contribution in [3.63, 3.8) is 0 Å². The van der Waals surface area contributed by atoms with E-state index in [2.05, 4.69) is 36.1 Å². The number of unbranched alkanes of at least 4 members (excludes halogenated alkanes) is 3. The molecule has 6 heteroatoms. The Kier molecular flexibility index (Phi) is 8.62. The molecule has 31 heavy (non-hydrogen) atoms. The number of carbonyl (C=O) groups excluding carboxylic acids is 2. The largest absolute Gasteiger partial charge is 0.377 e. The van der Waals surface area contributed by atoms with Crippen LogP contribution in [0.1, 0.15) is 55.8 Å². The standard InChI is InChI=1S/C25H32N2O4/c1-19-18-31-17-16-27(19)23-14-12-21(13-15-23)20-8-10-22(11-9-20)24(28)6-4-2-3-5-7-25(29)26-30/h8-15,19,30H,2-7,16-18H2,1H3,(H,26,29). The Labute approximate surface area is 184 Å². The van der Waals surface area contributed by atoms with Crippen LogP contribution in [0.4, 0.5) is 5.69 Å². The number of nitrogens with one attached hydrogen (secondary N) is 1. The smallest absolute Gasteiger partial charge is 0.243 e. The third kappa shape index (κ3) is 6.64. The number of morpholine rings is 1. The average molecular weight is 425 g/mol. The summed E-state index contributed by atoms with van der Waals surface area (Å²) in [6.07, 6.45) is 4.13. The van der Waals surface area contributed by atoms with Gasteiger partial charge in [-0.2, -0.15) is 0 Å². The van der Waals surface area contributed by atoms with Gasteiger partial charge in [0, 0.05) is 36.7 Å². The lowest BCUT2D eigenvalue weighted by atomic mass is 9.99. The molecule has 3 rings (SSSR count). The number of hydrogen-bond acceptors (Lipinski definition) is 5. The maximum Gasteiger partial charge on any atom is 0.243 e. The molecule has 1 unspecified atom stereocenters. The second kappa shape index (κ2) is 11.6. The Morgan fingerprint density at radius 3 is 2.19 bits per heavy atom. The van der Waals surface area contributed by atoms with E-state index in [9.17, 15) is 9.59 Å². The molecule has 1 amide bonds. The van der Waals surface area contributed by atoms with Crippen molar-refractivity contribution in [2.24, 2.45) is 0 Å². The van der Waals surface area contributed by atoms with Crippen molar-refractivity contribution < 1.29 is 19.5 Å². The summed E-state index contributed by atoms with van der Waals surface area (Å²) in [5.74, 6) is -0.210. The Hall–Kier alpha value is -2.70. The molecule has 0 aromatic heterocycles. The van der Waals surface area contributed by atoms with Crippen LogP contribution in [-0.4, -0.2) is 42.7 Å². The van der Waals surface area contributed by atoms with Gasteiger partial charge in [0.15, 0.2) is 5.78 Å². The molecule has 0 aliphatic carbocycles. The molecule has 0 bridgehead atoms. The Balaban J connectivity index is 1.48. The molecule has 0 spiro atoms. The van der Waals surface area contributed by atoms with Crippen LogP contribution in [0.25, 0.3) is 11.1 Å². The zero-order chi connectivity index (χ0) is 22.1. The highest BCUT2D eigenvalue weighted by Crippen LogP contribution is 2.26. The molecule has 1 heterocycles. The first-order chi connectivity index (χ1) is 15.1. The molecule has 1 atom stereocenters. The highest BCUT2D eigenvalue weighted by Gasteiger charge is 2.18. The first-order valence-electron chi connectivity index (χ1n) is 11.1. The molecule has 1 aliphatic rings. The van der Waals surface area contributed by atoms with Crippen LogP contribution in [-0.2, 0) is 9.53 Å². The molecule has 2 aromatic rings. The Morgan fingerprint density at radius 2 is 1.58 bits per heavy atom. The summed E-state index contributed by atoms with van der Waals surface area (Å²) in [5.41, 5.74) is 5.81. The van der Waals surface area contributed by atoms with Crippen LogP contribution in [0, 0.1) is 0 Å². The van der Waals surface area contributed by atoms with Crippen molar-refractivity contribution in [2.75, 3.05) is 24.7 Å². The quantitative estimate of drug-likeness (QED) is 0.252. The number of benzene rings is 2. The number of hydrogen-bond donors (Lipinski definition) is 2. The van der Waals surface area contributed by atoms with E-state index in [0.29, 0.717) is 18.9 Å². The summed E-state index contributed by atoms with van der Waals surface area (Å²) in [6.45, 7) is 4.62. The fourth-order valence-electron chi connectivity index (χ4n) is 3.93. The molecule has 1 saturated heterocycles. The molecular formula is C25H32N2O4. The van der Waals surface area contributed by atoms with Crippen LogP contribution in [0.5, 0.6) is 0 Å². The van der Waals surface area contributed by atoms with E-state index < -0.39 is 0 Å². The van der Waals surface area contributed by atoms with Gasteiger partial charge in [-0.25, -0.2) is 5.48 Å². The van der Waals surface area contributed by atoms with E-state index in [-0.39, 0.29) is 11.7 Å². The van der Waals surface area contributed by atoms with Crippen molar-refractivity contribution in [3.05, 3.63) is 54.1 Å². The maximum atomic E-state index is 12.4. The molecule has 6 nitrogen and oxygen atoms in total. The summed E-state index contributed by atoms with van der Waals surface area (Å²) < 4.78 is 5.52. The topological polar surface area (TPSA) is 78.9 Å². The van der Waals surface area contributed by atoms with Crippen molar-refractivity contribution in [1.82, 2.24) is 5.48 Å². The molecular weight excluding hydrogens is 392 g/mol. The van der Waals surface area contributed by atoms with Crippen LogP contribution >= 0.6 is 0 Å². The van der Waals surface area contributed by atoms with Gasteiger partial charge in [-0.3, -0.25) is 14.8 Å². The molecule has 2 N–H and O–H groups in total. The van der Waals surface area contributed by atoms with E-state index in [0.717, 1.165) is 62.1 Å². The lowest BCUT2D eigenvalue weighted by Gasteiger charge is -2.35. The minimum atomic E-state index is -0.360. The minimum absolute atomic E-state index is 0.149. The van der Waals surface area contributed by atoms with Crippen molar-refractivity contribution in [2.45, 2.75) is 51.5 Å². The van der Waals surface area contributed by atoms with Gasteiger partial charge >= 0.3 is 0 Å². The third-order valence-electron chi connectivity index (χ3n) is 5.79. The predicted molar refractivity (Wildman–Crippen MR) is 121 cm³/mol. The van der Waals surface area contributed by atoms with Crippen LogP contribution in [0.3, 0.4) is 0 Å². The van der Waals surface area contributed by atoms with Gasteiger partial charge in [-0.05, 0) is 43.0 Å². The van der Waals surface area contributed by atoms with Gasteiger partial charge in [0.2, 0.25) is 5.91 Å². The molecule has 0 radical (unpaired) electrons. The lowest BCUT2D eigenvalue weighted by molar-refractivity contribution is -0.129. The van der Waals surface area contributed by atoms with Gasteiger partial charge in [-0.15, -0.1) is 0 Å². The van der Waals surface area contributed by atoms with Gasteiger partial charge in [0.1, 0.15) is 0 Å². The number of nitrogens with zero attached hydrogens (tertiary/aromatic N) is 1. The molecule has 1 aliphatic heterocycles. The zero-order valence-corrected chi connectivity index (χ0v) is 18.2. The minimum Gasteiger partial charge on any atom is -0.377 e. The summed E-state index contributed by atoms with van der Waals surface area (Å²) in [4.78, 5) is 25.7. The number of amides is 1. The fourth-order valence-corrected chi connectivity index (χ4v) is 3.93. The van der Waals surface area contributed by atoms with Crippen LogP contribution < -0.4 is 10.4 Å². The van der Waals surface area contributed by atoms with Crippen molar-refractivity contribution in [1.29, 1.82) is 0 Å². The van der Waals surface area contributed by atoms with Crippen molar-refractivity contribution in [3.8, 4) is 11.1 Å². The van der Waals surface area contributed by atoms with E-state index in [4.69, 9.17) is 9.94 Å². The second-order valence-electron chi connectivity index (χ2n) is 8.11. The maximum absolute atomic E-state index is 12.4. The Morgan fingerprint density at radius 1 is 0.968 bits per heavy atom. The van der Waals surface area contributed by atoms with E-state index in [1.807, 2.05) is 24.3 Å². The van der Waals surface area contributed by atoms with Crippen LogP contribution in [0.2, 0.25) is 0 Å². The van der Waals surface area contributed by atoms with E-state index in [1.54, 1.807) is 5.48 Å². The number of hydroxylamine groups is 1. The molecule has 1 fully saturated rings. The first kappa shape index (κ1) is 23.0. The summed E-state index contributed by atoms with van der Waals surface area (Å²) >= 11 is 0. The lowest BCUT2D eigenvalue weighted by Crippen LogP contribution is -2.43. The van der Waals surface area contributed by atoms with Crippen LogP contribution in [0.15, 0.2) is 48.5 Å². The number of ether oxygens (including phenoxy) is 1. The van der Waals surface area contributed by atoms with E-state index >= 15 is 0 Å². The predicted octanol–water partition coefficient (Wildman–Crippen LogP) is 4.61. The fraction of sp³-hybridized carbons (Fsp3) is 0.440. The first-order valence-corrected chi connectivity index (χ1v) is 11.1. The second-order valence-corrected chi connectivity index (χ2v) is 8.11.